The first-order chi connectivity index (χ1) is 19.2. The third-order valence-corrected chi connectivity index (χ3v) is 6.92. The summed E-state index contributed by atoms with van der Waals surface area (Å²) < 4.78 is 55.5. The van der Waals surface area contributed by atoms with Crippen molar-refractivity contribution in [3.8, 4) is 39.7 Å². The van der Waals surface area contributed by atoms with Crippen molar-refractivity contribution in [3.05, 3.63) is 60.0 Å². The average Bonchev–Trinajstić information content (AvgIpc) is 3.68. The Morgan fingerprint density at radius 3 is 2.73 bits per heavy atom. The van der Waals surface area contributed by atoms with Gasteiger partial charge in [-0.15, -0.1) is 13.2 Å². The summed E-state index contributed by atoms with van der Waals surface area (Å²) in [5.74, 6) is -0.220. The Hall–Kier alpha value is -4.61. The van der Waals surface area contributed by atoms with Crippen LogP contribution in [0.25, 0.3) is 44.9 Å². The van der Waals surface area contributed by atoms with E-state index < -0.39 is 12.1 Å². The van der Waals surface area contributed by atoms with Crippen molar-refractivity contribution in [1.82, 2.24) is 24.9 Å². The molecule has 1 N–H and O–H groups in total. The molecule has 0 aliphatic heterocycles. The molecule has 12 heteroatoms. The van der Waals surface area contributed by atoms with Crippen molar-refractivity contribution < 1.29 is 32.0 Å². The summed E-state index contributed by atoms with van der Waals surface area (Å²) in [5.41, 5.74) is 5.13. The Bertz CT molecular complexity index is 1720. The van der Waals surface area contributed by atoms with E-state index in [-0.39, 0.29) is 29.2 Å². The summed E-state index contributed by atoms with van der Waals surface area (Å²) in [4.78, 5) is 20.0. The first kappa shape index (κ1) is 25.7. The van der Waals surface area contributed by atoms with Crippen LogP contribution in [0.1, 0.15) is 36.9 Å². The third kappa shape index (κ3) is 5.04. The van der Waals surface area contributed by atoms with Gasteiger partial charge in [0.25, 0.3) is 5.89 Å². The predicted octanol–water partition coefficient (Wildman–Crippen LogP) is 6.17. The SMILES string of the molecule is CCOC(=O)CC1CCc2c1[nH]c1ccc(-c3noc(-c4cc(OC(F)(F)F)cc(-c5cnn(C)c5)c4)n3)cc21. The Balaban J connectivity index is 1.33. The molecular formula is C28H24F3N5O4. The lowest BCUT2D eigenvalue weighted by Gasteiger charge is -2.11. The summed E-state index contributed by atoms with van der Waals surface area (Å²) in [6.07, 6.45) is 0.347. The summed E-state index contributed by atoms with van der Waals surface area (Å²) in [5, 5.41) is 9.19. The van der Waals surface area contributed by atoms with Gasteiger partial charge in [0.15, 0.2) is 0 Å². The molecule has 9 nitrogen and oxygen atoms in total. The number of carbonyl (C=O) groups is 1. The van der Waals surface area contributed by atoms with E-state index >= 15 is 0 Å². The number of carbonyl (C=O) groups excluding carboxylic acids is 1. The van der Waals surface area contributed by atoms with Gasteiger partial charge in [0, 0.05) is 52.4 Å². The zero-order valence-corrected chi connectivity index (χ0v) is 21.6. The number of aryl methyl sites for hydroxylation is 2. The molecule has 0 saturated carbocycles. The number of rotatable bonds is 7. The van der Waals surface area contributed by atoms with Gasteiger partial charge in [-0.1, -0.05) is 5.16 Å². The third-order valence-electron chi connectivity index (χ3n) is 6.92. The van der Waals surface area contributed by atoms with E-state index in [2.05, 4.69) is 25.0 Å². The molecule has 3 aromatic heterocycles. The van der Waals surface area contributed by atoms with Gasteiger partial charge in [-0.2, -0.15) is 10.1 Å². The number of hydrogen-bond donors (Lipinski definition) is 1. The Morgan fingerprint density at radius 2 is 1.98 bits per heavy atom. The van der Waals surface area contributed by atoms with Crippen molar-refractivity contribution in [2.75, 3.05) is 6.61 Å². The lowest BCUT2D eigenvalue weighted by atomic mass is 10.0. The second-order valence-electron chi connectivity index (χ2n) is 9.64. The summed E-state index contributed by atoms with van der Waals surface area (Å²) in [6, 6.07) is 9.84. The van der Waals surface area contributed by atoms with E-state index in [0.717, 1.165) is 35.0 Å². The van der Waals surface area contributed by atoms with Gasteiger partial charge in [0.05, 0.1) is 19.2 Å². The first-order valence-electron chi connectivity index (χ1n) is 12.7. The smallest absolute Gasteiger partial charge is 0.466 e. The number of benzene rings is 2. The number of nitrogens with zero attached hydrogens (tertiary/aromatic N) is 4. The van der Waals surface area contributed by atoms with Crippen LogP contribution < -0.4 is 4.74 Å². The molecule has 1 aliphatic carbocycles. The van der Waals surface area contributed by atoms with Crippen LogP contribution in [-0.2, 0) is 23.0 Å². The molecule has 0 radical (unpaired) electrons. The minimum atomic E-state index is -4.87. The van der Waals surface area contributed by atoms with Gasteiger partial charge >= 0.3 is 12.3 Å². The van der Waals surface area contributed by atoms with Crippen LogP contribution in [0.4, 0.5) is 13.2 Å². The fraction of sp³-hybridized carbons (Fsp3) is 0.286. The quantitative estimate of drug-likeness (QED) is 0.241. The lowest BCUT2D eigenvalue weighted by Crippen LogP contribution is -2.17. The molecule has 1 aliphatic rings. The van der Waals surface area contributed by atoms with Crippen molar-refractivity contribution >= 4 is 16.9 Å². The molecule has 0 fully saturated rings. The molecular weight excluding hydrogens is 527 g/mol. The highest BCUT2D eigenvalue weighted by Gasteiger charge is 2.32. The summed E-state index contributed by atoms with van der Waals surface area (Å²) in [6.45, 7) is 2.14. The number of halogens is 3. The monoisotopic (exact) mass is 551 g/mol. The Kier molecular flexibility index (Phi) is 6.32. The van der Waals surface area contributed by atoms with Gasteiger partial charge in [-0.05, 0) is 67.3 Å². The van der Waals surface area contributed by atoms with Gasteiger partial charge in [-0.25, -0.2) is 0 Å². The largest absolute Gasteiger partial charge is 0.573 e. The second kappa shape index (κ2) is 9.85. The molecule has 0 bridgehead atoms. The predicted molar refractivity (Wildman–Crippen MR) is 138 cm³/mol. The van der Waals surface area contributed by atoms with E-state index in [0.29, 0.717) is 29.7 Å². The minimum Gasteiger partial charge on any atom is -0.466 e. The highest BCUT2D eigenvalue weighted by molar-refractivity contribution is 5.89. The van der Waals surface area contributed by atoms with Crippen LogP contribution in [0.3, 0.4) is 0 Å². The van der Waals surface area contributed by atoms with Crippen molar-refractivity contribution in [2.24, 2.45) is 7.05 Å². The standard InChI is InChI=1S/C28H24F3N5O4/c1-3-38-24(37)12-15-4-6-21-22-11-16(5-7-23(22)33-25(15)21)26-34-27(40-35-26)18-8-17(19-13-32-36(2)14-19)9-20(10-18)39-28(29,30)31/h5,7-11,13-15,33H,3-4,6,12H2,1-2H3. The maximum atomic E-state index is 13.0. The Morgan fingerprint density at radius 1 is 1.15 bits per heavy atom. The molecule has 1 atom stereocenters. The van der Waals surface area contributed by atoms with Crippen LogP contribution >= 0.6 is 0 Å². The zero-order valence-electron chi connectivity index (χ0n) is 21.6. The molecule has 3 heterocycles. The molecule has 40 heavy (non-hydrogen) atoms. The van der Waals surface area contributed by atoms with Gasteiger partial charge < -0.3 is 19.0 Å². The number of ether oxygens (including phenoxy) is 2. The highest BCUT2D eigenvalue weighted by Crippen LogP contribution is 2.41. The number of aromatic amines is 1. The number of alkyl halides is 3. The Labute approximate surface area is 225 Å². The second-order valence-corrected chi connectivity index (χ2v) is 9.64. The van der Waals surface area contributed by atoms with E-state index in [9.17, 15) is 18.0 Å². The normalized spacial score (nSPS) is 15.0. The van der Waals surface area contributed by atoms with Crippen LogP contribution in [-0.4, -0.2) is 43.8 Å². The molecule has 1 unspecified atom stereocenters. The maximum Gasteiger partial charge on any atom is 0.573 e. The lowest BCUT2D eigenvalue weighted by molar-refractivity contribution is -0.274. The number of aromatic nitrogens is 5. The van der Waals surface area contributed by atoms with Crippen LogP contribution in [0.15, 0.2) is 53.3 Å². The van der Waals surface area contributed by atoms with E-state index in [1.807, 2.05) is 18.2 Å². The van der Waals surface area contributed by atoms with Gasteiger partial charge in [0.1, 0.15) is 5.75 Å². The van der Waals surface area contributed by atoms with Crippen LogP contribution in [0.2, 0.25) is 0 Å². The summed E-state index contributed by atoms with van der Waals surface area (Å²) in [7, 11) is 1.71. The molecule has 6 rings (SSSR count). The molecule has 2 aromatic carbocycles. The molecule has 206 valence electrons. The van der Waals surface area contributed by atoms with E-state index in [4.69, 9.17) is 9.26 Å². The molecule has 5 aromatic rings. The van der Waals surface area contributed by atoms with Crippen LogP contribution in [0, 0.1) is 0 Å². The number of esters is 1. The van der Waals surface area contributed by atoms with Crippen LogP contribution in [0.5, 0.6) is 5.75 Å². The zero-order chi connectivity index (χ0) is 28.0. The minimum absolute atomic E-state index is 0.0432. The summed E-state index contributed by atoms with van der Waals surface area (Å²) >= 11 is 0. The van der Waals surface area contributed by atoms with Crippen molar-refractivity contribution in [3.63, 3.8) is 0 Å². The highest BCUT2D eigenvalue weighted by atomic mass is 19.4. The number of hydrogen-bond acceptors (Lipinski definition) is 7. The molecule has 0 amide bonds. The van der Waals surface area contributed by atoms with Gasteiger partial charge in [-0.3, -0.25) is 9.48 Å². The number of fused-ring (bicyclic) bond motifs is 3. The average molecular weight is 552 g/mol. The first-order valence-corrected chi connectivity index (χ1v) is 12.7. The number of H-pyrrole nitrogens is 1. The topological polar surface area (TPSA) is 108 Å². The number of nitrogens with one attached hydrogen (secondary N) is 1. The van der Waals surface area contributed by atoms with Crippen molar-refractivity contribution in [1.29, 1.82) is 0 Å². The molecule has 0 saturated heterocycles. The maximum absolute atomic E-state index is 13.0. The van der Waals surface area contributed by atoms with Gasteiger partial charge in [0.2, 0.25) is 5.82 Å². The molecule has 0 spiro atoms. The van der Waals surface area contributed by atoms with Crippen molar-refractivity contribution in [2.45, 2.75) is 38.5 Å². The van der Waals surface area contributed by atoms with E-state index in [1.165, 1.54) is 18.3 Å². The fourth-order valence-electron chi connectivity index (χ4n) is 5.22. The fourth-order valence-corrected chi connectivity index (χ4v) is 5.22. The van der Waals surface area contributed by atoms with E-state index in [1.54, 1.807) is 30.9 Å².